The average molecular weight is 418 g/mol. The number of benzene rings is 1. The number of fused-ring (bicyclic) bond motifs is 4. The maximum Gasteiger partial charge on any atom is 0.168 e. The molecule has 8 nitrogen and oxygen atoms in total. The van der Waals surface area contributed by atoms with Crippen LogP contribution in [0, 0.1) is 5.82 Å². The van der Waals surface area contributed by atoms with Gasteiger partial charge in [0.15, 0.2) is 5.65 Å². The summed E-state index contributed by atoms with van der Waals surface area (Å²) in [5.41, 5.74) is 8.76. The monoisotopic (exact) mass is 418 g/mol. The first-order valence-corrected chi connectivity index (χ1v) is 10.2. The number of rotatable bonds is 2. The summed E-state index contributed by atoms with van der Waals surface area (Å²) in [5.74, 6) is 1.08. The van der Waals surface area contributed by atoms with E-state index in [-0.39, 0.29) is 5.82 Å². The van der Waals surface area contributed by atoms with E-state index in [4.69, 9.17) is 5.73 Å². The van der Waals surface area contributed by atoms with E-state index in [1.807, 2.05) is 0 Å². The fourth-order valence-electron chi connectivity index (χ4n) is 3.99. The molecule has 2 N–H and O–H groups in total. The smallest absolute Gasteiger partial charge is 0.168 e. The van der Waals surface area contributed by atoms with Crippen molar-refractivity contribution in [2.45, 2.75) is 13.0 Å². The third-order valence-corrected chi connectivity index (χ3v) is 6.51. The fourth-order valence-corrected chi connectivity index (χ4v) is 5.20. The maximum atomic E-state index is 13.3. The van der Waals surface area contributed by atoms with Crippen LogP contribution in [0.3, 0.4) is 0 Å². The van der Waals surface area contributed by atoms with E-state index in [2.05, 4.69) is 29.9 Å². The summed E-state index contributed by atoms with van der Waals surface area (Å²) >= 11 is 1.65. The second kappa shape index (κ2) is 6.42. The Morgan fingerprint density at radius 2 is 1.87 bits per heavy atom. The molecule has 1 aromatic carbocycles. The fraction of sp³-hybridized carbons (Fsp3) is 0.150. The molecule has 0 spiro atoms. The van der Waals surface area contributed by atoms with Crippen molar-refractivity contribution in [3.63, 3.8) is 0 Å². The molecule has 5 aromatic rings. The highest BCUT2D eigenvalue weighted by atomic mass is 32.1. The van der Waals surface area contributed by atoms with Crippen LogP contribution in [0.25, 0.3) is 26.9 Å². The molecule has 0 unspecified atom stereocenters. The van der Waals surface area contributed by atoms with Gasteiger partial charge in [0, 0.05) is 11.4 Å². The first-order chi connectivity index (χ1) is 14.7. The number of anilines is 2. The van der Waals surface area contributed by atoms with Crippen molar-refractivity contribution in [3.05, 3.63) is 59.4 Å². The minimum absolute atomic E-state index is 0.289. The van der Waals surface area contributed by atoms with E-state index >= 15 is 0 Å². The van der Waals surface area contributed by atoms with E-state index in [0.717, 1.165) is 40.1 Å². The zero-order valence-electron chi connectivity index (χ0n) is 15.7. The number of aromatic nitrogens is 6. The van der Waals surface area contributed by atoms with E-state index in [9.17, 15) is 4.39 Å². The van der Waals surface area contributed by atoms with Crippen molar-refractivity contribution in [3.8, 4) is 5.69 Å². The number of nitrogens with zero attached hydrogens (tertiary/aromatic N) is 7. The molecule has 148 valence electrons. The van der Waals surface area contributed by atoms with Crippen LogP contribution in [0.4, 0.5) is 16.0 Å². The van der Waals surface area contributed by atoms with Crippen LogP contribution in [0.2, 0.25) is 0 Å². The van der Waals surface area contributed by atoms with E-state index in [0.29, 0.717) is 18.0 Å². The first-order valence-electron chi connectivity index (χ1n) is 9.39. The highest BCUT2D eigenvalue weighted by molar-refractivity contribution is 7.19. The molecule has 30 heavy (non-hydrogen) atoms. The Balaban J connectivity index is 1.42. The van der Waals surface area contributed by atoms with Crippen molar-refractivity contribution in [2.75, 3.05) is 17.2 Å². The number of hydrogen-bond donors (Lipinski definition) is 1. The van der Waals surface area contributed by atoms with Gasteiger partial charge in [-0.2, -0.15) is 5.10 Å². The molecule has 0 aliphatic carbocycles. The van der Waals surface area contributed by atoms with Gasteiger partial charge in [-0.25, -0.2) is 29.0 Å². The standard InChI is InChI=1S/C20H15FN8S/c21-11-1-3-12(4-2-11)29-19-14(7-27-29)18(24-10-25-19)28-6-5-13-15(8-28)30-20-16(13)17(22)23-9-26-20/h1-4,7,9-10H,5-6,8H2,(H2,22,23,26). The lowest BCUT2D eigenvalue weighted by Gasteiger charge is -2.28. The third kappa shape index (κ3) is 2.53. The van der Waals surface area contributed by atoms with Gasteiger partial charge in [-0.15, -0.1) is 11.3 Å². The largest absolute Gasteiger partial charge is 0.383 e. The predicted molar refractivity (Wildman–Crippen MR) is 113 cm³/mol. The molecule has 0 amide bonds. The molecule has 1 aliphatic heterocycles. The second-order valence-electron chi connectivity index (χ2n) is 7.08. The van der Waals surface area contributed by atoms with Crippen molar-refractivity contribution in [2.24, 2.45) is 0 Å². The van der Waals surface area contributed by atoms with Crippen LogP contribution in [0.1, 0.15) is 10.4 Å². The third-order valence-electron chi connectivity index (χ3n) is 5.38. The van der Waals surface area contributed by atoms with Gasteiger partial charge < -0.3 is 10.6 Å². The Kier molecular flexibility index (Phi) is 3.69. The Morgan fingerprint density at radius 1 is 1.03 bits per heavy atom. The molecule has 1 aliphatic rings. The molecule has 5 heterocycles. The van der Waals surface area contributed by atoms with Crippen LogP contribution >= 0.6 is 11.3 Å². The minimum atomic E-state index is -0.289. The van der Waals surface area contributed by atoms with Crippen molar-refractivity contribution < 1.29 is 4.39 Å². The summed E-state index contributed by atoms with van der Waals surface area (Å²) in [6, 6.07) is 6.18. The lowest BCUT2D eigenvalue weighted by molar-refractivity contribution is 0.627. The van der Waals surface area contributed by atoms with Gasteiger partial charge in [0.05, 0.1) is 29.2 Å². The number of hydrogen-bond acceptors (Lipinski definition) is 8. The lowest BCUT2D eigenvalue weighted by atomic mass is 10.0. The van der Waals surface area contributed by atoms with Gasteiger partial charge in [0.25, 0.3) is 0 Å². The van der Waals surface area contributed by atoms with Crippen LogP contribution in [-0.2, 0) is 13.0 Å². The van der Waals surface area contributed by atoms with Gasteiger partial charge in [0.1, 0.15) is 34.9 Å². The lowest BCUT2D eigenvalue weighted by Crippen LogP contribution is -2.30. The van der Waals surface area contributed by atoms with Crippen LogP contribution in [-0.4, -0.2) is 36.3 Å². The maximum absolute atomic E-state index is 13.3. The van der Waals surface area contributed by atoms with E-state index in [1.165, 1.54) is 28.9 Å². The van der Waals surface area contributed by atoms with Gasteiger partial charge in [-0.1, -0.05) is 0 Å². The Morgan fingerprint density at radius 3 is 2.73 bits per heavy atom. The van der Waals surface area contributed by atoms with E-state index in [1.54, 1.807) is 40.7 Å². The van der Waals surface area contributed by atoms with Gasteiger partial charge in [-0.05, 0) is 36.2 Å². The first kappa shape index (κ1) is 17.2. The minimum Gasteiger partial charge on any atom is -0.383 e. The molecular formula is C20H15FN8S. The van der Waals surface area contributed by atoms with Crippen molar-refractivity contribution >= 4 is 44.2 Å². The molecule has 0 atom stereocenters. The van der Waals surface area contributed by atoms with Crippen molar-refractivity contribution in [1.82, 2.24) is 29.7 Å². The summed E-state index contributed by atoms with van der Waals surface area (Å²) in [6.07, 6.45) is 5.65. The summed E-state index contributed by atoms with van der Waals surface area (Å²) in [6.45, 7) is 1.50. The number of thiophene rings is 1. The second-order valence-corrected chi connectivity index (χ2v) is 8.17. The number of nitrogens with two attached hydrogens (primary N) is 1. The van der Waals surface area contributed by atoms with Crippen LogP contribution in [0.5, 0.6) is 0 Å². The normalized spacial score (nSPS) is 13.8. The van der Waals surface area contributed by atoms with Crippen molar-refractivity contribution in [1.29, 1.82) is 0 Å². The summed E-state index contributed by atoms with van der Waals surface area (Å²) in [5, 5.41) is 6.31. The molecule has 6 rings (SSSR count). The quantitative estimate of drug-likeness (QED) is 0.470. The molecule has 4 aromatic heterocycles. The Labute approximate surface area is 173 Å². The topological polar surface area (TPSA) is 98.6 Å². The molecular weight excluding hydrogens is 403 g/mol. The summed E-state index contributed by atoms with van der Waals surface area (Å²) in [7, 11) is 0. The highest BCUT2D eigenvalue weighted by Crippen LogP contribution is 2.38. The summed E-state index contributed by atoms with van der Waals surface area (Å²) in [4.78, 5) is 21.9. The number of nitrogen functional groups attached to an aromatic ring is 1. The molecule has 0 saturated heterocycles. The molecule has 0 fully saturated rings. The zero-order chi connectivity index (χ0) is 20.2. The molecule has 0 saturated carbocycles. The summed E-state index contributed by atoms with van der Waals surface area (Å²) < 4.78 is 15.0. The van der Waals surface area contributed by atoms with E-state index < -0.39 is 0 Å². The SMILES string of the molecule is Nc1ncnc2sc3c(c12)CCN(c1ncnc2c1cnn2-c1ccc(F)cc1)C3. The highest BCUT2D eigenvalue weighted by Gasteiger charge is 2.25. The average Bonchev–Trinajstić information content (AvgIpc) is 3.36. The van der Waals surface area contributed by atoms with Gasteiger partial charge in [0.2, 0.25) is 0 Å². The Bertz CT molecular complexity index is 1410. The van der Waals surface area contributed by atoms with Crippen LogP contribution in [0.15, 0.2) is 43.1 Å². The van der Waals surface area contributed by atoms with Crippen LogP contribution < -0.4 is 10.6 Å². The predicted octanol–water partition coefficient (Wildman–Crippen LogP) is 3.10. The molecule has 10 heteroatoms. The zero-order valence-corrected chi connectivity index (χ0v) is 16.5. The van der Waals surface area contributed by atoms with Gasteiger partial charge >= 0.3 is 0 Å². The molecule has 0 bridgehead atoms. The number of halogens is 1. The molecule has 0 radical (unpaired) electrons. The Hall–Kier alpha value is -3.66. The van der Waals surface area contributed by atoms with Gasteiger partial charge in [-0.3, -0.25) is 0 Å².